The van der Waals surface area contributed by atoms with Crippen molar-refractivity contribution in [2.75, 3.05) is 32.8 Å². The number of pyridine rings is 2. The maximum absolute atomic E-state index is 13.1. The third-order valence-electron chi connectivity index (χ3n) is 5.86. The highest BCUT2D eigenvalue weighted by Gasteiger charge is 2.28. The van der Waals surface area contributed by atoms with Crippen molar-refractivity contribution in [2.45, 2.75) is 19.3 Å². The molecule has 3 aromatic rings. The number of nitrogens with one attached hydrogen (secondary N) is 1. The normalized spacial score (nSPS) is 13.4. The molecular formula is C24H25FN4O5. The van der Waals surface area contributed by atoms with Crippen LogP contribution in [0, 0.1) is 5.82 Å². The van der Waals surface area contributed by atoms with Crippen LogP contribution in [0.4, 0.5) is 4.39 Å². The van der Waals surface area contributed by atoms with E-state index in [1.807, 2.05) is 0 Å². The number of amides is 2. The number of hydrogen-bond acceptors (Lipinski definition) is 6. The lowest BCUT2D eigenvalue weighted by Gasteiger charge is -2.24. The molecule has 1 saturated heterocycles. The quantitative estimate of drug-likeness (QED) is 0.481. The zero-order valence-electron chi connectivity index (χ0n) is 18.5. The van der Waals surface area contributed by atoms with Gasteiger partial charge in [0, 0.05) is 25.8 Å². The average molecular weight is 468 g/mol. The van der Waals surface area contributed by atoms with Crippen molar-refractivity contribution in [2.24, 2.45) is 0 Å². The van der Waals surface area contributed by atoms with Gasteiger partial charge in [0.1, 0.15) is 23.4 Å². The maximum atomic E-state index is 13.1. The molecule has 0 radical (unpaired) electrons. The standard InChI is InChI=1S/C24H25FN4O5/c25-17-5-3-15(4-6-17)11-16-12-18-21(26-13-16)22(32)20(23(33)27-18)24(34)29(9-10-30)14-19(31)28-7-1-2-8-28/h3-6,12-13,30H,1-2,7-11,14H2,(H2,27,32,33). The number of fused-ring (bicyclic) bond motifs is 1. The van der Waals surface area contributed by atoms with Crippen LogP contribution >= 0.6 is 0 Å². The van der Waals surface area contributed by atoms with Gasteiger partial charge in [0.05, 0.1) is 12.1 Å². The molecule has 0 bridgehead atoms. The Morgan fingerprint density at radius 2 is 1.85 bits per heavy atom. The second kappa shape index (κ2) is 10.0. The second-order valence-corrected chi connectivity index (χ2v) is 8.26. The molecule has 0 aliphatic carbocycles. The monoisotopic (exact) mass is 468 g/mol. The first-order valence-electron chi connectivity index (χ1n) is 11.0. The van der Waals surface area contributed by atoms with E-state index in [1.54, 1.807) is 23.1 Å². The van der Waals surface area contributed by atoms with E-state index in [9.17, 15) is 29.0 Å². The fourth-order valence-corrected chi connectivity index (χ4v) is 4.10. The van der Waals surface area contributed by atoms with Crippen LogP contribution in [0.5, 0.6) is 5.75 Å². The molecule has 2 amide bonds. The van der Waals surface area contributed by atoms with Crippen molar-refractivity contribution in [1.82, 2.24) is 19.8 Å². The lowest BCUT2D eigenvalue weighted by Crippen LogP contribution is -2.44. The zero-order valence-corrected chi connectivity index (χ0v) is 18.5. The minimum absolute atomic E-state index is 0.0284. The minimum Gasteiger partial charge on any atom is -0.505 e. The Morgan fingerprint density at radius 1 is 1.15 bits per heavy atom. The van der Waals surface area contributed by atoms with E-state index in [0.717, 1.165) is 23.3 Å². The van der Waals surface area contributed by atoms with E-state index in [-0.39, 0.29) is 35.8 Å². The van der Waals surface area contributed by atoms with Gasteiger partial charge in [-0.2, -0.15) is 0 Å². The molecule has 1 aromatic carbocycles. The lowest BCUT2D eigenvalue weighted by atomic mass is 10.1. The van der Waals surface area contributed by atoms with Crippen molar-refractivity contribution < 1.29 is 24.2 Å². The highest BCUT2D eigenvalue weighted by Crippen LogP contribution is 2.25. The molecule has 34 heavy (non-hydrogen) atoms. The van der Waals surface area contributed by atoms with Gasteiger partial charge in [0.2, 0.25) is 5.91 Å². The Morgan fingerprint density at radius 3 is 2.53 bits per heavy atom. The first kappa shape index (κ1) is 23.4. The van der Waals surface area contributed by atoms with Crippen LogP contribution in [0.1, 0.15) is 34.3 Å². The van der Waals surface area contributed by atoms with Gasteiger partial charge in [-0.1, -0.05) is 12.1 Å². The Labute approximate surface area is 194 Å². The summed E-state index contributed by atoms with van der Waals surface area (Å²) < 4.78 is 13.1. The maximum Gasteiger partial charge on any atom is 0.265 e. The molecule has 0 spiro atoms. The van der Waals surface area contributed by atoms with Gasteiger partial charge in [0.15, 0.2) is 5.75 Å². The van der Waals surface area contributed by atoms with Gasteiger partial charge in [0.25, 0.3) is 11.5 Å². The molecule has 3 N–H and O–H groups in total. The van der Waals surface area contributed by atoms with Crippen molar-refractivity contribution in [3.8, 4) is 5.75 Å². The molecule has 0 unspecified atom stereocenters. The summed E-state index contributed by atoms with van der Waals surface area (Å²) in [5, 5.41) is 20.1. The summed E-state index contributed by atoms with van der Waals surface area (Å²) in [7, 11) is 0. The number of benzene rings is 1. The van der Waals surface area contributed by atoms with E-state index in [2.05, 4.69) is 9.97 Å². The summed E-state index contributed by atoms with van der Waals surface area (Å²) >= 11 is 0. The number of carbonyl (C=O) groups excluding carboxylic acids is 2. The Balaban J connectivity index is 1.62. The van der Waals surface area contributed by atoms with E-state index < -0.39 is 29.4 Å². The number of aliphatic hydroxyl groups excluding tert-OH is 1. The van der Waals surface area contributed by atoms with Gasteiger partial charge >= 0.3 is 0 Å². The highest BCUT2D eigenvalue weighted by molar-refractivity contribution is 6.02. The number of aromatic nitrogens is 2. The highest BCUT2D eigenvalue weighted by atomic mass is 19.1. The molecule has 10 heteroatoms. The first-order chi connectivity index (χ1) is 16.4. The summed E-state index contributed by atoms with van der Waals surface area (Å²) in [4.78, 5) is 47.9. The molecule has 4 rings (SSSR count). The molecule has 1 aliphatic rings. The van der Waals surface area contributed by atoms with E-state index in [4.69, 9.17) is 0 Å². The Kier molecular flexibility index (Phi) is 6.87. The topological polar surface area (TPSA) is 127 Å². The van der Waals surface area contributed by atoms with Crippen LogP contribution in [-0.2, 0) is 11.2 Å². The Hall–Kier alpha value is -3.79. The number of halogens is 1. The van der Waals surface area contributed by atoms with Gasteiger partial charge in [-0.05, 0) is 48.6 Å². The van der Waals surface area contributed by atoms with Crippen molar-refractivity contribution in [3.63, 3.8) is 0 Å². The fourth-order valence-electron chi connectivity index (χ4n) is 4.10. The molecule has 1 aliphatic heterocycles. The van der Waals surface area contributed by atoms with E-state index in [1.165, 1.54) is 18.3 Å². The SMILES string of the molecule is O=C(CN(CCO)C(=O)c1c(O)c2ncc(Cc3ccc(F)cc3)cc2[nH]c1=O)N1CCCC1. The molecule has 1 fully saturated rings. The van der Waals surface area contributed by atoms with E-state index in [0.29, 0.717) is 25.1 Å². The lowest BCUT2D eigenvalue weighted by molar-refractivity contribution is -0.130. The third-order valence-corrected chi connectivity index (χ3v) is 5.86. The third kappa shape index (κ3) is 4.91. The van der Waals surface area contributed by atoms with Gasteiger partial charge in [-0.3, -0.25) is 19.4 Å². The molecule has 2 aromatic heterocycles. The average Bonchev–Trinajstić information content (AvgIpc) is 3.35. The van der Waals surface area contributed by atoms with Gasteiger partial charge in [-0.25, -0.2) is 4.39 Å². The van der Waals surface area contributed by atoms with Crippen molar-refractivity contribution in [3.05, 3.63) is 69.4 Å². The molecule has 0 atom stereocenters. The summed E-state index contributed by atoms with van der Waals surface area (Å²) in [6.07, 6.45) is 3.70. The predicted octanol–water partition coefficient (Wildman–Crippen LogP) is 1.42. The first-order valence-corrected chi connectivity index (χ1v) is 11.0. The van der Waals surface area contributed by atoms with Crippen LogP contribution in [0.3, 0.4) is 0 Å². The minimum atomic E-state index is -0.862. The summed E-state index contributed by atoms with van der Waals surface area (Å²) in [5.41, 5.74) is 0.456. The molecule has 3 heterocycles. The van der Waals surface area contributed by atoms with Crippen molar-refractivity contribution >= 4 is 22.8 Å². The number of aliphatic hydroxyl groups is 1. The van der Waals surface area contributed by atoms with Crippen LogP contribution in [-0.4, -0.2) is 74.6 Å². The number of aromatic hydroxyl groups is 1. The van der Waals surface area contributed by atoms with Crippen LogP contribution in [0.15, 0.2) is 41.3 Å². The molecular weight excluding hydrogens is 443 g/mol. The van der Waals surface area contributed by atoms with Crippen LogP contribution in [0.25, 0.3) is 11.0 Å². The fraction of sp³-hybridized carbons (Fsp3) is 0.333. The van der Waals surface area contributed by atoms with Crippen molar-refractivity contribution in [1.29, 1.82) is 0 Å². The number of rotatable bonds is 7. The zero-order chi connectivity index (χ0) is 24.2. The number of nitrogens with zero attached hydrogens (tertiary/aromatic N) is 3. The smallest absolute Gasteiger partial charge is 0.265 e. The second-order valence-electron chi connectivity index (χ2n) is 8.26. The van der Waals surface area contributed by atoms with Crippen LogP contribution < -0.4 is 5.56 Å². The van der Waals surface area contributed by atoms with Gasteiger partial charge in [-0.15, -0.1) is 0 Å². The summed E-state index contributed by atoms with van der Waals surface area (Å²) in [6, 6.07) is 7.61. The number of likely N-dealkylation sites (tertiary alicyclic amines) is 1. The molecule has 178 valence electrons. The number of aromatic amines is 1. The largest absolute Gasteiger partial charge is 0.505 e. The molecule has 9 nitrogen and oxygen atoms in total. The Bertz CT molecular complexity index is 1270. The van der Waals surface area contributed by atoms with Crippen LogP contribution in [0.2, 0.25) is 0 Å². The number of hydrogen-bond donors (Lipinski definition) is 3. The van der Waals surface area contributed by atoms with E-state index >= 15 is 0 Å². The number of H-pyrrole nitrogens is 1. The summed E-state index contributed by atoms with van der Waals surface area (Å²) in [6.45, 7) is 0.327. The summed E-state index contributed by atoms with van der Waals surface area (Å²) in [5.74, 6) is -2.07. The number of carbonyl (C=O) groups is 2. The predicted molar refractivity (Wildman–Crippen MR) is 122 cm³/mol. The molecule has 0 saturated carbocycles. The van der Waals surface area contributed by atoms with Gasteiger partial charge < -0.3 is 25.0 Å².